The van der Waals surface area contributed by atoms with Gasteiger partial charge in [0.25, 0.3) is 0 Å². The molecule has 0 spiro atoms. The molecule has 4 heteroatoms. The van der Waals surface area contributed by atoms with E-state index in [0.717, 1.165) is 17.5 Å². The molecule has 1 aromatic carbocycles. The van der Waals surface area contributed by atoms with Crippen LogP contribution in [0.1, 0.15) is 31.4 Å². The molecular formula is C14H23NO2S. The van der Waals surface area contributed by atoms with Crippen molar-refractivity contribution in [1.82, 2.24) is 5.32 Å². The van der Waals surface area contributed by atoms with E-state index >= 15 is 0 Å². The van der Waals surface area contributed by atoms with Crippen molar-refractivity contribution in [3.63, 3.8) is 0 Å². The molecule has 0 amide bonds. The monoisotopic (exact) mass is 269 g/mol. The summed E-state index contributed by atoms with van der Waals surface area (Å²) in [6.07, 6.45) is 0.810. The Bertz CT molecular complexity index is 478. The lowest BCUT2D eigenvalue weighted by Gasteiger charge is -2.22. The van der Waals surface area contributed by atoms with Gasteiger partial charge in [0.15, 0.2) is 9.84 Å². The molecule has 3 nitrogen and oxygen atoms in total. The number of rotatable bonds is 6. The molecule has 0 aliphatic rings. The molecule has 102 valence electrons. The van der Waals surface area contributed by atoms with E-state index in [1.54, 1.807) is 6.92 Å². The van der Waals surface area contributed by atoms with Crippen molar-refractivity contribution in [1.29, 1.82) is 0 Å². The van der Waals surface area contributed by atoms with Crippen LogP contribution in [0.5, 0.6) is 0 Å². The lowest BCUT2D eigenvalue weighted by molar-refractivity contribution is 0.504. The quantitative estimate of drug-likeness (QED) is 0.862. The van der Waals surface area contributed by atoms with Crippen LogP contribution in [0.15, 0.2) is 24.3 Å². The van der Waals surface area contributed by atoms with Gasteiger partial charge in [-0.25, -0.2) is 8.42 Å². The highest BCUT2D eigenvalue weighted by atomic mass is 32.2. The number of sulfone groups is 1. The molecule has 1 N–H and O–H groups in total. The van der Waals surface area contributed by atoms with Crippen molar-refractivity contribution in [3.05, 3.63) is 35.4 Å². The Labute approximate surface area is 111 Å². The minimum atomic E-state index is -3.12. The highest BCUT2D eigenvalue weighted by Crippen LogP contribution is 2.17. The first-order valence-corrected chi connectivity index (χ1v) is 8.07. The zero-order valence-electron chi connectivity index (χ0n) is 11.6. The highest BCUT2D eigenvalue weighted by Gasteiger charge is 2.27. The average molecular weight is 269 g/mol. The summed E-state index contributed by atoms with van der Waals surface area (Å²) >= 11 is 0. The molecule has 0 radical (unpaired) electrons. The van der Waals surface area contributed by atoms with Gasteiger partial charge in [-0.3, -0.25) is 0 Å². The molecule has 0 aliphatic carbocycles. The largest absolute Gasteiger partial charge is 0.316 e. The van der Waals surface area contributed by atoms with Crippen LogP contribution in [-0.2, 0) is 15.6 Å². The Morgan fingerprint density at radius 3 is 2.39 bits per heavy atom. The van der Waals surface area contributed by atoms with E-state index in [1.807, 2.05) is 45.2 Å². The van der Waals surface area contributed by atoms with Crippen LogP contribution in [0.2, 0.25) is 0 Å². The van der Waals surface area contributed by atoms with Crippen molar-refractivity contribution >= 4 is 9.84 Å². The normalized spacial score (nSPS) is 15.3. The molecule has 0 saturated carbocycles. The number of nitrogens with one attached hydrogen (secondary N) is 1. The highest BCUT2D eigenvalue weighted by molar-refractivity contribution is 7.91. The Balaban J connectivity index is 2.92. The maximum Gasteiger partial charge on any atom is 0.158 e. The predicted octanol–water partition coefficient (Wildman–Crippen LogP) is 2.30. The minimum absolute atomic E-state index is 0.0130. The van der Waals surface area contributed by atoms with Gasteiger partial charge in [0, 0.05) is 6.04 Å². The second-order valence-corrected chi connectivity index (χ2v) is 7.10. The standard InChI is InChI=1S/C14H23NO2S/c1-5-14(15-4)12(3)18(16,17)10-13-9-7-6-8-11(13)2/h6-9,12,14-15H,5,10H2,1-4H3. The second kappa shape index (κ2) is 6.34. The lowest BCUT2D eigenvalue weighted by Crippen LogP contribution is -2.40. The third-order valence-corrected chi connectivity index (χ3v) is 5.74. The Hall–Kier alpha value is -0.870. The van der Waals surface area contributed by atoms with Gasteiger partial charge in [0.05, 0.1) is 11.0 Å². The number of hydrogen-bond acceptors (Lipinski definition) is 3. The van der Waals surface area contributed by atoms with Crippen LogP contribution >= 0.6 is 0 Å². The molecule has 0 saturated heterocycles. The van der Waals surface area contributed by atoms with E-state index < -0.39 is 9.84 Å². The Morgan fingerprint density at radius 2 is 1.89 bits per heavy atom. The van der Waals surface area contributed by atoms with Gasteiger partial charge in [-0.1, -0.05) is 31.2 Å². The summed E-state index contributed by atoms with van der Waals surface area (Å²) in [7, 11) is -1.31. The topological polar surface area (TPSA) is 46.2 Å². The second-order valence-electron chi connectivity index (χ2n) is 4.74. The smallest absolute Gasteiger partial charge is 0.158 e. The summed E-state index contributed by atoms with van der Waals surface area (Å²) in [6.45, 7) is 5.74. The molecule has 0 aliphatic heterocycles. The SMILES string of the molecule is CCC(NC)C(C)S(=O)(=O)Cc1ccccc1C. The van der Waals surface area contributed by atoms with E-state index in [-0.39, 0.29) is 17.0 Å². The molecule has 1 rings (SSSR count). The third-order valence-electron chi connectivity index (χ3n) is 3.56. The Kier molecular flexibility index (Phi) is 5.35. The fourth-order valence-electron chi connectivity index (χ4n) is 2.14. The molecule has 18 heavy (non-hydrogen) atoms. The molecule has 0 heterocycles. The molecule has 0 fully saturated rings. The van der Waals surface area contributed by atoms with E-state index in [2.05, 4.69) is 5.32 Å². The summed E-state index contributed by atoms with van der Waals surface area (Å²) in [5, 5.41) is 2.71. The van der Waals surface area contributed by atoms with Crippen molar-refractivity contribution in [3.8, 4) is 0 Å². The maximum atomic E-state index is 12.4. The Morgan fingerprint density at radius 1 is 1.28 bits per heavy atom. The molecule has 0 bridgehead atoms. The van der Waals surface area contributed by atoms with Gasteiger partial charge in [0.2, 0.25) is 0 Å². The summed E-state index contributed by atoms with van der Waals surface area (Å²) in [4.78, 5) is 0. The van der Waals surface area contributed by atoms with Crippen LogP contribution in [0.4, 0.5) is 0 Å². The van der Waals surface area contributed by atoms with E-state index in [9.17, 15) is 8.42 Å². The first-order valence-electron chi connectivity index (χ1n) is 6.35. The molecule has 2 unspecified atom stereocenters. The van der Waals surface area contributed by atoms with Gasteiger partial charge >= 0.3 is 0 Å². The van der Waals surface area contributed by atoms with Gasteiger partial charge in [-0.2, -0.15) is 0 Å². The van der Waals surface area contributed by atoms with Crippen LogP contribution in [0.25, 0.3) is 0 Å². The molecule has 1 aromatic rings. The van der Waals surface area contributed by atoms with Crippen molar-refractivity contribution in [2.24, 2.45) is 0 Å². The van der Waals surface area contributed by atoms with Gasteiger partial charge < -0.3 is 5.32 Å². The minimum Gasteiger partial charge on any atom is -0.316 e. The molecule has 2 atom stereocenters. The van der Waals surface area contributed by atoms with Gasteiger partial charge in [-0.15, -0.1) is 0 Å². The van der Waals surface area contributed by atoms with Crippen LogP contribution in [0, 0.1) is 6.92 Å². The van der Waals surface area contributed by atoms with Crippen molar-refractivity contribution < 1.29 is 8.42 Å². The van der Waals surface area contributed by atoms with Crippen LogP contribution in [-0.4, -0.2) is 26.8 Å². The fourth-order valence-corrected chi connectivity index (χ4v) is 3.99. The van der Waals surface area contributed by atoms with E-state index in [1.165, 1.54) is 0 Å². The molecular weight excluding hydrogens is 246 g/mol. The summed E-state index contributed by atoms with van der Waals surface area (Å²) in [5.74, 6) is 0.124. The average Bonchev–Trinajstić information content (AvgIpc) is 2.33. The van der Waals surface area contributed by atoms with Crippen molar-refractivity contribution in [2.45, 2.75) is 44.2 Å². The summed E-state index contributed by atoms with van der Waals surface area (Å²) in [6, 6.07) is 7.67. The zero-order chi connectivity index (χ0) is 13.8. The number of aryl methyl sites for hydroxylation is 1. The summed E-state index contributed by atoms with van der Waals surface area (Å²) < 4.78 is 24.7. The first-order chi connectivity index (χ1) is 8.42. The van der Waals surface area contributed by atoms with Crippen LogP contribution < -0.4 is 5.32 Å². The maximum absolute atomic E-state index is 12.4. The van der Waals surface area contributed by atoms with Crippen LogP contribution in [0.3, 0.4) is 0 Å². The van der Waals surface area contributed by atoms with Gasteiger partial charge in [-0.05, 0) is 38.4 Å². The van der Waals surface area contributed by atoms with Gasteiger partial charge in [0.1, 0.15) is 0 Å². The fraction of sp³-hybridized carbons (Fsp3) is 0.571. The summed E-state index contributed by atoms with van der Waals surface area (Å²) in [5.41, 5.74) is 1.93. The third kappa shape index (κ3) is 3.56. The number of hydrogen-bond donors (Lipinski definition) is 1. The zero-order valence-corrected chi connectivity index (χ0v) is 12.4. The van der Waals surface area contributed by atoms with Crippen molar-refractivity contribution in [2.75, 3.05) is 7.05 Å². The predicted molar refractivity (Wildman–Crippen MR) is 76.4 cm³/mol. The number of benzene rings is 1. The first kappa shape index (κ1) is 15.2. The molecule has 0 aromatic heterocycles. The van der Waals surface area contributed by atoms with E-state index in [0.29, 0.717) is 0 Å². The van der Waals surface area contributed by atoms with E-state index in [4.69, 9.17) is 0 Å². The lowest BCUT2D eigenvalue weighted by atomic mass is 10.1.